The van der Waals surface area contributed by atoms with Gasteiger partial charge in [0.15, 0.2) is 12.1 Å². The van der Waals surface area contributed by atoms with Gasteiger partial charge in [0.2, 0.25) is 5.78 Å². The van der Waals surface area contributed by atoms with E-state index in [2.05, 4.69) is 0 Å². The molecule has 0 saturated carbocycles. The van der Waals surface area contributed by atoms with Crippen LogP contribution in [0.1, 0.15) is 15.9 Å². The number of hydrogen-bond acceptors (Lipinski definition) is 7. The predicted octanol–water partition coefficient (Wildman–Crippen LogP) is 2.91. The van der Waals surface area contributed by atoms with E-state index in [1.807, 2.05) is 33.6 Å². The van der Waals surface area contributed by atoms with E-state index in [9.17, 15) is 29.8 Å². The van der Waals surface area contributed by atoms with Gasteiger partial charge in [-0.25, -0.2) is 14.2 Å². The summed E-state index contributed by atoms with van der Waals surface area (Å²) in [5.74, 6) is -0.845. The first-order valence-electron chi connectivity index (χ1n) is 9.85. The minimum absolute atomic E-state index is 0.0720. The Morgan fingerprint density at radius 1 is 1.24 bits per heavy atom. The molecule has 0 aliphatic carbocycles. The van der Waals surface area contributed by atoms with Crippen molar-refractivity contribution in [2.24, 2.45) is 0 Å². The molecule has 0 N–H and O–H groups in total. The van der Waals surface area contributed by atoms with E-state index >= 15 is 0 Å². The van der Waals surface area contributed by atoms with Crippen LogP contribution < -0.4 is 4.90 Å². The number of Topliss-reactive ketones (excluding diaryl/α,β-unsaturated/α-hetero) is 1. The topological polar surface area (TPSA) is 125 Å². The molecule has 3 aliphatic heterocycles. The number of anilines is 1. The highest BCUT2D eigenvalue weighted by Gasteiger charge is 2.73. The van der Waals surface area contributed by atoms with Crippen LogP contribution in [-0.2, 0) is 4.79 Å². The van der Waals surface area contributed by atoms with Crippen molar-refractivity contribution in [2.75, 3.05) is 24.7 Å². The Morgan fingerprint density at radius 3 is 2.67 bits per heavy atom. The lowest BCUT2D eigenvalue weighted by Crippen LogP contribution is -2.62. The molecular weight excluding hydrogens is 565 g/mol. The molecule has 3 saturated heterocycles. The van der Waals surface area contributed by atoms with Crippen molar-refractivity contribution in [1.29, 1.82) is 5.26 Å². The Bertz CT molecular complexity index is 1330. The number of nitrogens with zero attached hydrogens (tertiary/aromatic N) is 5. The molecule has 12 heteroatoms. The summed E-state index contributed by atoms with van der Waals surface area (Å²) in [7, 11) is 0. The lowest BCUT2D eigenvalue weighted by molar-refractivity contribution is -0.852. The third-order valence-corrected chi connectivity index (χ3v) is 7.73. The van der Waals surface area contributed by atoms with E-state index in [4.69, 9.17) is 11.6 Å². The van der Waals surface area contributed by atoms with Crippen molar-refractivity contribution < 1.29 is 23.8 Å². The van der Waals surface area contributed by atoms with Crippen molar-refractivity contribution in [3.63, 3.8) is 0 Å². The van der Waals surface area contributed by atoms with Gasteiger partial charge in [0.25, 0.3) is 11.6 Å². The van der Waals surface area contributed by atoms with E-state index in [0.717, 1.165) is 11.0 Å². The number of carbonyl (C=O) groups excluding carboxylic acids is 3. The third kappa shape index (κ3) is 3.02. The number of nitro benzene ring substituents is 1. The van der Waals surface area contributed by atoms with Gasteiger partial charge in [0.05, 0.1) is 29.3 Å². The maximum absolute atomic E-state index is 13.7. The number of imide groups is 1. The summed E-state index contributed by atoms with van der Waals surface area (Å²) in [5.41, 5.74) is 0.454. The summed E-state index contributed by atoms with van der Waals surface area (Å²) >= 11 is 7.85. The highest BCUT2D eigenvalue weighted by atomic mass is 127. The minimum atomic E-state index is -0.872. The van der Waals surface area contributed by atoms with Crippen LogP contribution >= 0.6 is 34.2 Å². The number of amides is 3. The summed E-state index contributed by atoms with van der Waals surface area (Å²) < 4.78 is 0.245. The number of ketones is 1. The number of benzene rings is 2. The second kappa shape index (κ2) is 7.56. The van der Waals surface area contributed by atoms with Gasteiger partial charge in [-0.1, -0.05) is 11.6 Å². The molecule has 4 unspecified atom stereocenters. The zero-order valence-corrected chi connectivity index (χ0v) is 19.7. The average Bonchev–Trinajstić information content (AvgIpc) is 3.42. The summed E-state index contributed by atoms with van der Waals surface area (Å²) in [6.07, 6.45) is 0. The van der Waals surface area contributed by atoms with Crippen molar-refractivity contribution in [1.82, 2.24) is 4.90 Å². The van der Waals surface area contributed by atoms with E-state index in [-0.39, 0.29) is 28.3 Å². The van der Waals surface area contributed by atoms with Crippen LogP contribution in [0.3, 0.4) is 0 Å². The van der Waals surface area contributed by atoms with Crippen LogP contribution in [-0.4, -0.2) is 63.9 Å². The number of halogens is 2. The van der Waals surface area contributed by atoms with Gasteiger partial charge in [-0.2, -0.15) is 10.2 Å². The highest BCUT2D eigenvalue weighted by Crippen LogP contribution is 2.44. The minimum Gasteiger partial charge on any atom is -0.287 e. The van der Waals surface area contributed by atoms with Gasteiger partial charge in [0, 0.05) is 15.2 Å². The molecule has 2 aromatic rings. The number of nitro groups is 1. The molecule has 0 aromatic heterocycles. The van der Waals surface area contributed by atoms with Crippen LogP contribution in [0.2, 0.25) is 5.02 Å². The summed E-state index contributed by atoms with van der Waals surface area (Å²) in [6, 6.07) is 8.42. The van der Waals surface area contributed by atoms with Crippen molar-refractivity contribution in [3.8, 4) is 6.07 Å². The molecule has 0 radical (unpaired) electrons. The SMILES string of the molecule is N#Cc1ccc(N2C(=O)C3CN4CC(C(=O)c5ccc(Cl)c([N+](=O)[O-])c5)[N+]3(C4)C2=O)cc1I. The number of carbonyl (C=O) groups is 3. The smallest absolute Gasteiger partial charge is 0.287 e. The van der Waals surface area contributed by atoms with E-state index in [1.165, 1.54) is 12.1 Å². The standard InChI is InChI=1S/C21H14ClIN5O5/c22-14-4-2-11(5-16(14)27(32)33)19(29)17-8-25-9-18-20(30)26(21(31)28(17,18)10-25)13-3-1-12(7-24)15(23)6-13/h1-6,17-18H,8-10H2/q+1. The number of piperazine rings is 1. The maximum Gasteiger partial charge on any atom is 0.433 e. The first-order valence-corrected chi connectivity index (χ1v) is 11.3. The summed E-state index contributed by atoms with van der Waals surface area (Å²) in [4.78, 5) is 54.1. The normalized spacial score (nSPS) is 27.5. The van der Waals surface area contributed by atoms with Gasteiger partial charge in [-0.05, 0) is 52.9 Å². The molecule has 4 atom stereocenters. The first kappa shape index (κ1) is 21.9. The number of rotatable bonds is 4. The molecule has 2 aromatic carbocycles. The van der Waals surface area contributed by atoms with Crippen LogP contribution in [0.15, 0.2) is 36.4 Å². The van der Waals surface area contributed by atoms with E-state index in [0.29, 0.717) is 21.4 Å². The van der Waals surface area contributed by atoms with E-state index < -0.39 is 40.4 Å². The molecular formula is C21H14ClIN5O5+. The number of urea groups is 1. The fourth-order valence-electron chi connectivity index (χ4n) is 5.01. The van der Waals surface area contributed by atoms with Crippen LogP contribution in [0.25, 0.3) is 0 Å². The number of fused-ring (bicyclic) bond motifs is 1. The van der Waals surface area contributed by atoms with Crippen LogP contribution in [0, 0.1) is 25.0 Å². The Kier molecular flexibility index (Phi) is 5.02. The van der Waals surface area contributed by atoms with Crippen molar-refractivity contribution >= 4 is 63.3 Å². The molecule has 2 bridgehead atoms. The van der Waals surface area contributed by atoms with Gasteiger partial charge >= 0.3 is 6.03 Å². The highest BCUT2D eigenvalue weighted by molar-refractivity contribution is 14.1. The fourth-order valence-corrected chi connectivity index (χ4v) is 5.82. The number of nitriles is 1. The second-order valence-corrected chi connectivity index (χ2v) is 9.73. The molecule has 3 heterocycles. The quantitative estimate of drug-likeness (QED) is 0.136. The van der Waals surface area contributed by atoms with Gasteiger partial charge in [-0.3, -0.25) is 19.7 Å². The molecule has 3 amide bonds. The largest absolute Gasteiger partial charge is 0.433 e. The lowest BCUT2D eigenvalue weighted by atomic mass is 9.98. The zero-order valence-electron chi connectivity index (χ0n) is 16.8. The maximum atomic E-state index is 13.7. The molecule has 3 aliphatic rings. The second-order valence-electron chi connectivity index (χ2n) is 8.16. The van der Waals surface area contributed by atoms with Crippen molar-refractivity contribution in [3.05, 3.63) is 66.2 Å². The molecule has 3 fully saturated rings. The van der Waals surface area contributed by atoms with Crippen molar-refractivity contribution in [2.45, 2.75) is 12.1 Å². The molecule has 10 nitrogen and oxygen atoms in total. The monoisotopic (exact) mass is 578 g/mol. The number of hydrogen-bond donors (Lipinski definition) is 0. The average molecular weight is 579 g/mol. The predicted molar refractivity (Wildman–Crippen MR) is 123 cm³/mol. The van der Waals surface area contributed by atoms with Crippen LogP contribution in [0.5, 0.6) is 0 Å². The van der Waals surface area contributed by atoms with Gasteiger partial charge in [-0.15, -0.1) is 0 Å². The first-order chi connectivity index (χ1) is 15.7. The molecule has 5 rings (SSSR count). The summed E-state index contributed by atoms with van der Waals surface area (Å²) in [6.45, 7) is 0.827. The lowest BCUT2D eigenvalue weighted by Gasteiger charge is -2.32. The zero-order chi connectivity index (χ0) is 23.7. The van der Waals surface area contributed by atoms with Crippen LogP contribution in [0.4, 0.5) is 16.2 Å². The fraction of sp³-hybridized carbons (Fsp3) is 0.238. The Hall–Kier alpha value is -2.92. The third-order valence-electron chi connectivity index (χ3n) is 6.52. The Labute approximate surface area is 205 Å². The van der Waals surface area contributed by atoms with Gasteiger partial charge in [0.1, 0.15) is 17.8 Å². The molecule has 33 heavy (non-hydrogen) atoms. The van der Waals surface area contributed by atoms with E-state index in [1.54, 1.807) is 18.2 Å². The van der Waals surface area contributed by atoms with Gasteiger partial charge < -0.3 is 0 Å². The molecule has 166 valence electrons. The molecule has 1 spiro atoms. The number of quaternary nitrogens is 1. The Balaban J connectivity index is 1.54. The Morgan fingerprint density at radius 2 is 2.00 bits per heavy atom. The summed E-state index contributed by atoms with van der Waals surface area (Å²) in [5, 5.41) is 20.3.